The van der Waals surface area contributed by atoms with Crippen molar-refractivity contribution in [2.45, 2.75) is 126 Å². The Kier molecular flexibility index (Phi) is 15.7. The third-order valence-corrected chi connectivity index (χ3v) is 19.6. The molecule has 4 amide bonds. The number of hydrogen-bond acceptors (Lipinski definition) is 12. The summed E-state index contributed by atoms with van der Waals surface area (Å²) in [6.45, 7) is 0. The van der Waals surface area contributed by atoms with Gasteiger partial charge in [-0.2, -0.15) is 0 Å². The van der Waals surface area contributed by atoms with Gasteiger partial charge in [-0.05, 0) is 123 Å². The number of rotatable bonds is 8. The quantitative estimate of drug-likeness (QED) is 0.0909. The molecule has 16 nitrogen and oxygen atoms in total. The fraction of sp³-hybridized carbons (Fsp3) is 0.533. The Hall–Kier alpha value is -5.04. The maximum atomic E-state index is 16.0. The van der Waals surface area contributed by atoms with Gasteiger partial charge >= 0.3 is 0 Å². The van der Waals surface area contributed by atoms with E-state index < -0.39 is 59.7 Å². The van der Waals surface area contributed by atoms with Gasteiger partial charge in [0.1, 0.15) is 0 Å². The number of nitrogens with one attached hydrogen (secondary N) is 12. The van der Waals surface area contributed by atoms with Crippen LogP contribution < -0.4 is 63.8 Å². The molecule has 5 heterocycles. The molecular formula is C60H76CuN12O4. The molecule has 13 rings (SSSR count). The first-order valence-electron chi connectivity index (χ1n) is 28.8. The summed E-state index contributed by atoms with van der Waals surface area (Å²) in [5, 5.41) is 46.1. The molecule has 4 aromatic rings. The molecule has 4 aliphatic carbocycles. The molecule has 1 radical (unpaired) electrons. The molecule has 77 heavy (non-hydrogen) atoms. The van der Waals surface area contributed by atoms with Gasteiger partial charge < -0.3 is 21.3 Å². The SMILES string of the molecule is O=C(Nc1ccccc1)C1C(C(=O)Nc2ccccc2)C(C(=O)Nc2ccccc2)C2C3NC4NC(NC5NC(NC6NC(NC(N3)C2C1C(=O)Nc1ccccc1)C1CCCCC61)C1CCCCC51)C1CCCCC41.[Cu]. The maximum Gasteiger partial charge on any atom is 0.229 e. The van der Waals surface area contributed by atoms with E-state index in [-0.39, 0.29) is 77.7 Å². The zero-order valence-corrected chi connectivity index (χ0v) is 44.5. The Morgan fingerprint density at radius 1 is 0.286 bits per heavy atom. The van der Waals surface area contributed by atoms with Crippen molar-refractivity contribution in [3.05, 3.63) is 121 Å². The van der Waals surface area contributed by atoms with Gasteiger partial charge in [0.2, 0.25) is 23.6 Å². The number of fused-ring (bicyclic) bond motifs is 20. The summed E-state index contributed by atoms with van der Waals surface area (Å²) in [4.78, 5) is 63.6. The van der Waals surface area contributed by atoms with Crippen LogP contribution in [0.15, 0.2) is 121 Å². The molecule has 4 saturated carbocycles. The van der Waals surface area contributed by atoms with Gasteiger partial charge in [0.05, 0.1) is 73.0 Å². The molecule has 20 unspecified atom stereocenters. The third kappa shape index (κ3) is 10.4. The summed E-state index contributed by atoms with van der Waals surface area (Å²) >= 11 is 0. The van der Waals surface area contributed by atoms with Crippen molar-refractivity contribution >= 4 is 46.4 Å². The van der Waals surface area contributed by atoms with Crippen LogP contribution in [0, 0.1) is 71.0 Å². The molecule has 9 aliphatic rings. The average Bonchev–Trinajstić information content (AvgIpc) is 4.42. The van der Waals surface area contributed by atoms with Crippen LogP contribution >= 0.6 is 0 Å². The molecule has 0 aromatic heterocycles. The molecule has 12 N–H and O–H groups in total. The van der Waals surface area contributed by atoms with E-state index in [1.165, 1.54) is 38.5 Å². The van der Waals surface area contributed by atoms with E-state index in [0.29, 0.717) is 46.4 Å². The Bertz CT molecular complexity index is 2520. The number of para-hydroxylation sites is 4. The van der Waals surface area contributed by atoms with Crippen molar-refractivity contribution in [3.8, 4) is 0 Å². The van der Waals surface area contributed by atoms with Gasteiger partial charge in [0.25, 0.3) is 0 Å². The fourth-order valence-corrected chi connectivity index (χ4v) is 16.5. The van der Waals surface area contributed by atoms with Crippen LogP contribution in [0.1, 0.15) is 77.0 Å². The predicted octanol–water partition coefficient (Wildman–Crippen LogP) is 6.06. The Morgan fingerprint density at radius 2 is 0.481 bits per heavy atom. The molecule has 8 bridgehead atoms. The molecule has 5 saturated heterocycles. The molecule has 9 fully saturated rings. The standard InChI is InChI=1S/C60H76N12O4.Cu/c73-57(61-33-19-5-1-6-20-33)45-43-44(46(58(74)62-34-21-7-2-8-22-34)48(60(76)64-36-25-11-4-12-26-36)47(45)59(75)63-35-23-9-3-10-24-35)56-71-54-42-32-18-16-30-40(42)52(69-54)67-50-38-28-14-13-27-37(38)49(65-50)66-51-39-29-15-17-31-41(39)53(68-51)70-55(43)72-56;/h1-12,19-26,37-56,65-72H,13-18,27-32H2,(H,61,73)(H,62,74)(H,63,75)(H,64,76);. The minimum Gasteiger partial charge on any atom is -0.326 e. The van der Waals surface area contributed by atoms with Gasteiger partial charge in [-0.3, -0.25) is 61.7 Å². The molecule has 411 valence electrons. The van der Waals surface area contributed by atoms with Gasteiger partial charge in [-0.25, -0.2) is 0 Å². The normalized spacial score (nSPS) is 38.8. The number of hydrogen-bond donors (Lipinski definition) is 12. The monoisotopic (exact) mass is 1090 g/mol. The second-order valence-corrected chi connectivity index (χ2v) is 23.7. The minimum absolute atomic E-state index is 0. The number of carbonyl (C=O) groups is 4. The smallest absolute Gasteiger partial charge is 0.229 e. The number of amides is 4. The topological polar surface area (TPSA) is 213 Å². The molecule has 4 aromatic carbocycles. The van der Waals surface area contributed by atoms with Gasteiger partial charge in [0.15, 0.2) is 0 Å². The van der Waals surface area contributed by atoms with Crippen molar-refractivity contribution in [3.63, 3.8) is 0 Å². The van der Waals surface area contributed by atoms with Crippen molar-refractivity contribution < 1.29 is 36.2 Å². The average molecular weight is 1090 g/mol. The van der Waals surface area contributed by atoms with E-state index in [0.717, 1.165) is 38.5 Å². The van der Waals surface area contributed by atoms with Crippen molar-refractivity contribution in [1.29, 1.82) is 0 Å². The van der Waals surface area contributed by atoms with E-state index in [9.17, 15) is 0 Å². The van der Waals surface area contributed by atoms with E-state index in [1.54, 1.807) is 0 Å². The molecular weight excluding hydrogens is 1020 g/mol. The largest absolute Gasteiger partial charge is 0.326 e. The second-order valence-electron chi connectivity index (χ2n) is 23.7. The van der Waals surface area contributed by atoms with E-state index in [4.69, 9.17) is 0 Å². The van der Waals surface area contributed by atoms with Crippen LogP contribution in [0.5, 0.6) is 0 Å². The molecule has 20 atom stereocenters. The number of anilines is 4. The van der Waals surface area contributed by atoms with Crippen LogP contribution in [0.2, 0.25) is 0 Å². The number of benzene rings is 4. The summed E-state index contributed by atoms with van der Waals surface area (Å²) < 4.78 is 0. The van der Waals surface area contributed by atoms with Crippen LogP contribution in [-0.2, 0) is 36.2 Å². The van der Waals surface area contributed by atoms with Crippen molar-refractivity contribution in [2.75, 3.05) is 21.3 Å². The summed E-state index contributed by atoms with van der Waals surface area (Å²) in [5.74, 6) is -5.70. The van der Waals surface area contributed by atoms with Crippen molar-refractivity contribution in [2.24, 2.45) is 71.0 Å². The van der Waals surface area contributed by atoms with Gasteiger partial charge in [0, 0.05) is 51.7 Å². The van der Waals surface area contributed by atoms with Crippen LogP contribution in [-0.4, -0.2) is 73.0 Å². The molecule has 17 heteroatoms. The van der Waals surface area contributed by atoms with E-state index >= 15 is 19.2 Å². The first-order chi connectivity index (χ1) is 37.3. The zero-order valence-electron chi connectivity index (χ0n) is 43.5. The van der Waals surface area contributed by atoms with Crippen molar-refractivity contribution in [1.82, 2.24) is 42.5 Å². The van der Waals surface area contributed by atoms with E-state index in [2.05, 4.69) is 63.8 Å². The Morgan fingerprint density at radius 3 is 0.714 bits per heavy atom. The zero-order chi connectivity index (χ0) is 51.3. The first kappa shape index (κ1) is 52.6. The maximum absolute atomic E-state index is 16.0. The first-order valence-corrected chi connectivity index (χ1v) is 28.8. The Labute approximate surface area is 463 Å². The van der Waals surface area contributed by atoms with Crippen LogP contribution in [0.3, 0.4) is 0 Å². The van der Waals surface area contributed by atoms with Crippen LogP contribution in [0.4, 0.5) is 22.7 Å². The minimum atomic E-state index is -1.32. The summed E-state index contributed by atoms with van der Waals surface area (Å²) in [5.41, 5.74) is 2.20. The number of carbonyl (C=O) groups excluding carboxylic acids is 4. The third-order valence-electron chi connectivity index (χ3n) is 19.6. The summed E-state index contributed by atoms with van der Waals surface area (Å²) in [6, 6.07) is 37.1. The van der Waals surface area contributed by atoms with Crippen LogP contribution in [0.25, 0.3) is 0 Å². The summed E-state index contributed by atoms with van der Waals surface area (Å²) in [6.07, 6.45) is 12.7. The molecule has 5 aliphatic heterocycles. The van der Waals surface area contributed by atoms with Gasteiger partial charge in [-0.1, -0.05) is 111 Å². The predicted molar refractivity (Wildman–Crippen MR) is 293 cm³/mol. The molecule has 0 spiro atoms. The Balaban J connectivity index is 0.00000596. The van der Waals surface area contributed by atoms with E-state index in [1.807, 2.05) is 121 Å². The summed E-state index contributed by atoms with van der Waals surface area (Å²) in [7, 11) is 0. The van der Waals surface area contributed by atoms with Gasteiger partial charge in [-0.15, -0.1) is 0 Å². The second kappa shape index (κ2) is 23.0. The fourth-order valence-electron chi connectivity index (χ4n) is 16.5.